The fraction of sp³-hybridized carbons (Fsp3) is 0.533. The zero-order valence-corrected chi connectivity index (χ0v) is 12.9. The van der Waals surface area contributed by atoms with Crippen LogP contribution in [-0.2, 0) is 0 Å². The molecule has 0 heterocycles. The lowest BCUT2D eigenvalue weighted by atomic mass is 9.99. The topological polar surface area (TPSA) is 38.3 Å². The summed E-state index contributed by atoms with van der Waals surface area (Å²) in [7, 11) is 0. The van der Waals surface area contributed by atoms with E-state index in [1.54, 1.807) is 6.07 Å². The maximum Gasteiger partial charge on any atom is 0.387 e. The Bertz CT molecular complexity index is 453. The van der Waals surface area contributed by atoms with Crippen molar-refractivity contribution < 1.29 is 18.3 Å². The van der Waals surface area contributed by atoms with Gasteiger partial charge in [0.05, 0.1) is 10.9 Å². The predicted molar refractivity (Wildman–Crippen MR) is 79.1 cm³/mol. The number of benzene rings is 1. The number of amides is 1. The molecule has 0 aliphatic rings. The molecule has 1 aromatic rings. The number of ether oxygens (including phenoxy) is 1. The molecule has 118 valence electrons. The lowest BCUT2D eigenvalue weighted by Gasteiger charge is -2.19. The van der Waals surface area contributed by atoms with Gasteiger partial charge >= 0.3 is 6.61 Å². The van der Waals surface area contributed by atoms with Crippen molar-refractivity contribution in [2.45, 2.75) is 38.7 Å². The van der Waals surface area contributed by atoms with E-state index in [0.29, 0.717) is 5.92 Å². The Morgan fingerprint density at radius 3 is 2.48 bits per heavy atom. The summed E-state index contributed by atoms with van der Waals surface area (Å²) >= 11 is 6.24. The molecule has 1 rings (SSSR count). The van der Waals surface area contributed by atoms with Gasteiger partial charge in [-0.3, -0.25) is 4.79 Å². The maximum atomic E-state index is 12.3. The highest BCUT2D eigenvalue weighted by Gasteiger charge is 2.19. The highest BCUT2D eigenvalue weighted by atomic mass is 35.5. The van der Waals surface area contributed by atoms with Crippen molar-refractivity contribution in [3.8, 4) is 5.75 Å². The average molecular weight is 320 g/mol. The molecule has 1 N–H and O–H groups in total. The number of hydrogen-bond acceptors (Lipinski definition) is 2. The SMILES string of the molecule is CCC(CC)C(Cl)CNC(=O)c1ccccc1OC(F)F. The first kappa shape index (κ1) is 17.7. The van der Waals surface area contributed by atoms with Crippen LogP contribution in [-0.4, -0.2) is 24.4 Å². The van der Waals surface area contributed by atoms with E-state index >= 15 is 0 Å². The number of alkyl halides is 3. The van der Waals surface area contributed by atoms with Gasteiger partial charge in [-0.05, 0) is 18.1 Å². The van der Waals surface area contributed by atoms with Crippen LogP contribution in [0.5, 0.6) is 5.75 Å². The van der Waals surface area contributed by atoms with Gasteiger partial charge in [-0.2, -0.15) is 8.78 Å². The molecule has 21 heavy (non-hydrogen) atoms. The second kappa shape index (κ2) is 8.82. The monoisotopic (exact) mass is 319 g/mol. The largest absolute Gasteiger partial charge is 0.434 e. The summed E-state index contributed by atoms with van der Waals surface area (Å²) in [6.45, 7) is 1.40. The zero-order valence-electron chi connectivity index (χ0n) is 12.1. The second-order valence-corrected chi connectivity index (χ2v) is 5.24. The van der Waals surface area contributed by atoms with Crippen LogP contribution in [0.3, 0.4) is 0 Å². The minimum Gasteiger partial charge on any atom is -0.434 e. The van der Waals surface area contributed by atoms with Crippen LogP contribution in [0.25, 0.3) is 0 Å². The van der Waals surface area contributed by atoms with Crippen molar-refractivity contribution in [2.75, 3.05) is 6.54 Å². The Balaban J connectivity index is 2.68. The van der Waals surface area contributed by atoms with E-state index in [2.05, 4.69) is 10.1 Å². The summed E-state index contributed by atoms with van der Waals surface area (Å²) < 4.78 is 28.9. The summed E-state index contributed by atoms with van der Waals surface area (Å²) in [5.74, 6) is -0.305. The lowest BCUT2D eigenvalue weighted by molar-refractivity contribution is -0.0501. The van der Waals surface area contributed by atoms with Crippen LogP contribution in [0, 0.1) is 5.92 Å². The Kier molecular flexibility index (Phi) is 7.43. The van der Waals surface area contributed by atoms with Gasteiger partial charge in [-0.15, -0.1) is 11.6 Å². The van der Waals surface area contributed by atoms with E-state index in [-0.39, 0.29) is 23.2 Å². The van der Waals surface area contributed by atoms with E-state index in [1.165, 1.54) is 18.2 Å². The van der Waals surface area contributed by atoms with Crippen molar-refractivity contribution in [1.29, 1.82) is 0 Å². The van der Waals surface area contributed by atoms with E-state index in [4.69, 9.17) is 11.6 Å². The molecule has 3 nitrogen and oxygen atoms in total. The minimum absolute atomic E-state index is 0.0752. The summed E-state index contributed by atoms with van der Waals surface area (Å²) in [4.78, 5) is 12.1. The molecule has 6 heteroatoms. The van der Waals surface area contributed by atoms with E-state index in [1.807, 2.05) is 13.8 Å². The van der Waals surface area contributed by atoms with Crippen LogP contribution < -0.4 is 10.1 Å². The summed E-state index contributed by atoms with van der Waals surface area (Å²) in [6, 6.07) is 5.89. The maximum absolute atomic E-state index is 12.3. The highest BCUT2D eigenvalue weighted by molar-refractivity contribution is 6.21. The van der Waals surface area contributed by atoms with Gasteiger partial charge in [0.15, 0.2) is 0 Å². The van der Waals surface area contributed by atoms with Crippen molar-refractivity contribution in [1.82, 2.24) is 5.32 Å². The van der Waals surface area contributed by atoms with Crippen LogP contribution >= 0.6 is 11.6 Å². The molecule has 0 fully saturated rings. The van der Waals surface area contributed by atoms with E-state index in [9.17, 15) is 13.6 Å². The smallest absolute Gasteiger partial charge is 0.387 e. The molecule has 1 amide bonds. The van der Waals surface area contributed by atoms with Crippen LogP contribution in [0.1, 0.15) is 37.0 Å². The van der Waals surface area contributed by atoms with Crippen molar-refractivity contribution >= 4 is 17.5 Å². The summed E-state index contributed by atoms with van der Waals surface area (Å²) in [5, 5.41) is 2.48. The number of hydrogen-bond donors (Lipinski definition) is 1. The number of carbonyl (C=O) groups is 1. The number of carbonyl (C=O) groups excluding carboxylic acids is 1. The van der Waals surface area contributed by atoms with Gasteiger partial charge in [0.1, 0.15) is 5.75 Å². The molecule has 0 saturated heterocycles. The molecule has 0 bridgehead atoms. The molecule has 1 aromatic carbocycles. The molecule has 0 aliphatic heterocycles. The fourth-order valence-corrected chi connectivity index (χ4v) is 2.54. The van der Waals surface area contributed by atoms with Crippen molar-refractivity contribution in [2.24, 2.45) is 5.92 Å². The predicted octanol–water partition coefficient (Wildman–Crippen LogP) is 4.06. The first-order valence-electron chi connectivity index (χ1n) is 6.95. The normalized spacial score (nSPS) is 12.5. The van der Waals surface area contributed by atoms with Gasteiger partial charge in [0, 0.05) is 6.54 Å². The Morgan fingerprint density at radius 2 is 1.90 bits per heavy atom. The number of halogens is 3. The van der Waals surface area contributed by atoms with Crippen LogP contribution in [0.2, 0.25) is 0 Å². The van der Waals surface area contributed by atoms with Gasteiger partial charge in [-0.25, -0.2) is 0 Å². The summed E-state index contributed by atoms with van der Waals surface area (Å²) in [6.07, 6.45) is 1.84. The standard InChI is InChI=1S/C15H20ClF2NO2/c1-3-10(4-2)12(16)9-19-14(20)11-7-5-6-8-13(11)21-15(17)18/h5-8,10,12,15H,3-4,9H2,1-2H3,(H,19,20). The number of para-hydroxylation sites is 1. The highest BCUT2D eigenvalue weighted by Crippen LogP contribution is 2.21. The first-order valence-corrected chi connectivity index (χ1v) is 7.39. The minimum atomic E-state index is -2.97. The van der Waals surface area contributed by atoms with Gasteiger partial charge in [0.25, 0.3) is 5.91 Å². The number of nitrogens with one attached hydrogen (secondary N) is 1. The Morgan fingerprint density at radius 1 is 1.29 bits per heavy atom. The number of rotatable bonds is 8. The third kappa shape index (κ3) is 5.50. The average Bonchev–Trinajstić information content (AvgIpc) is 2.46. The lowest BCUT2D eigenvalue weighted by Crippen LogP contribution is -2.33. The first-order chi connectivity index (χ1) is 9.99. The third-order valence-electron chi connectivity index (χ3n) is 3.37. The van der Waals surface area contributed by atoms with Crippen LogP contribution in [0.4, 0.5) is 8.78 Å². The van der Waals surface area contributed by atoms with Gasteiger partial charge in [0.2, 0.25) is 0 Å². The second-order valence-electron chi connectivity index (χ2n) is 4.68. The molecule has 1 atom stereocenters. The molecular formula is C15H20ClF2NO2. The molecule has 0 aromatic heterocycles. The van der Waals surface area contributed by atoms with E-state index < -0.39 is 12.5 Å². The zero-order chi connectivity index (χ0) is 15.8. The Hall–Kier alpha value is -1.36. The molecule has 1 unspecified atom stereocenters. The molecule has 0 saturated carbocycles. The quantitative estimate of drug-likeness (QED) is 0.734. The van der Waals surface area contributed by atoms with Crippen molar-refractivity contribution in [3.05, 3.63) is 29.8 Å². The molecule has 0 spiro atoms. The molecule has 0 radical (unpaired) electrons. The fourth-order valence-electron chi connectivity index (χ4n) is 2.11. The van der Waals surface area contributed by atoms with Crippen molar-refractivity contribution in [3.63, 3.8) is 0 Å². The Labute approximate surface area is 128 Å². The summed E-state index contributed by atoms with van der Waals surface area (Å²) in [5.41, 5.74) is 0.0752. The third-order valence-corrected chi connectivity index (χ3v) is 3.88. The molecule has 0 aliphatic carbocycles. The van der Waals surface area contributed by atoms with Crippen LogP contribution in [0.15, 0.2) is 24.3 Å². The molecular weight excluding hydrogens is 300 g/mol. The van der Waals surface area contributed by atoms with Gasteiger partial charge in [-0.1, -0.05) is 38.8 Å². The van der Waals surface area contributed by atoms with E-state index in [0.717, 1.165) is 12.8 Å². The van der Waals surface area contributed by atoms with Gasteiger partial charge < -0.3 is 10.1 Å².